The van der Waals surface area contributed by atoms with Crippen molar-refractivity contribution in [3.8, 4) is 0 Å². The maximum atomic E-state index is 10.7. The maximum absolute atomic E-state index is 10.7. The van der Waals surface area contributed by atoms with Gasteiger partial charge in [-0.05, 0) is 41.5 Å². The van der Waals surface area contributed by atoms with Gasteiger partial charge >= 0.3 is 5.97 Å². The number of benzene rings is 1. The van der Waals surface area contributed by atoms with Crippen molar-refractivity contribution in [1.82, 2.24) is 0 Å². The molecule has 1 aromatic rings. The SMILES string of the molecule is C/C(=C\C(=O)O)c1cc(C(C)(C)C)ccc1C. The van der Waals surface area contributed by atoms with E-state index in [9.17, 15) is 4.79 Å². The first kappa shape index (κ1) is 13.5. The third kappa shape index (κ3) is 3.45. The van der Waals surface area contributed by atoms with Gasteiger partial charge in [0.25, 0.3) is 0 Å². The molecule has 1 N–H and O–H groups in total. The van der Waals surface area contributed by atoms with Crippen LogP contribution in [0.4, 0.5) is 0 Å². The Morgan fingerprint density at radius 3 is 2.35 bits per heavy atom. The summed E-state index contributed by atoms with van der Waals surface area (Å²) in [6.07, 6.45) is 1.26. The first-order valence-electron chi connectivity index (χ1n) is 5.74. The lowest BCUT2D eigenvalue weighted by Gasteiger charge is -2.21. The van der Waals surface area contributed by atoms with Gasteiger partial charge in [0.1, 0.15) is 0 Å². The molecule has 0 aromatic heterocycles. The number of carboxylic acid groups (broad SMARTS) is 1. The summed E-state index contributed by atoms with van der Waals surface area (Å²) in [5, 5.41) is 8.79. The lowest BCUT2D eigenvalue weighted by molar-refractivity contribution is -0.131. The Hall–Kier alpha value is -1.57. The van der Waals surface area contributed by atoms with Gasteiger partial charge in [-0.25, -0.2) is 4.79 Å². The molecule has 2 heteroatoms. The Labute approximate surface area is 103 Å². The molecule has 0 fully saturated rings. The molecule has 0 heterocycles. The predicted octanol–water partition coefficient (Wildman–Crippen LogP) is 3.78. The number of hydrogen-bond donors (Lipinski definition) is 1. The fraction of sp³-hybridized carbons (Fsp3) is 0.400. The van der Waals surface area contributed by atoms with E-state index in [1.807, 2.05) is 13.8 Å². The molecule has 1 rings (SSSR count). The Morgan fingerprint density at radius 1 is 1.29 bits per heavy atom. The van der Waals surface area contributed by atoms with Gasteiger partial charge in [-0.15, -0.1) is 0 Å². The summed E-state index contributed by atoms with van der Waals surface area (Å²) in [5.74, 6) is -0.900. The molecule has 0 saturated carbocycles. The third-order valence-electron chi connectivity index (χ3n) is 2.87. The molecule has 0 unspecified atom stereocenters. The number of aryl methyl sites for hydroxylation is 1. The van der Waals surface area contributed by atoms with Crippen LogP contribution in [-0.2, 0) is 10.2 Å². The Kier molecular flexibility index (Phi) is 3.76. The molecule has 2 nitrogen and oxygen atoms in total. The second-order valence-electron chi connectivity index (χ2n) is 5.45. The smallest absolute Gasteiger partial charge is 0.328 e. The molecule has 0 aliphatic rings. The Morgan fingerprint density at radius 2 is 1.88 bits per heavy atom. The molecular formula is C15H20O2. The van der Waals surface area contributed by atoms with Crippen LogP contribution in [0.1, 0.15) is 44.4 Å². The molecular weight excluding hydrogens is 212 g/mol. The van der Waals surface area contributed by atoms with Crippen LogP contribution >= 0.6 is 0 Å². The second-order valence-corrected chi connectivity index (χ2v) is 5.45. The van der Waals surface area contributed by atoms with Crippen molar-refractivity contribution in [3.05, 3.63) is 41.0 Å². The van der Waals surface area contributed by atoms with E-state index in [2.05, 4.69) is 39.0 Å². The van der Waals surface area contributed by atoms with Gasteiger partial charge in [-0.1, -0.05) is 39.0 Å². The zero-order chi connectivity index (χ0) is 13.2. The van der Waals surface area contributed by atoms with E-state index < -0.39 is 5.97 Å². The van der Waals surface area contributed by atoms with Crippen molar-refractivity contribution in [1.29, 1.82) is 0 Å². The van der Waals surface area contributed by atoms with E-state index in [0.29, 0.717) is 0 Å². The molecule has 0 radical (unpaired) electrons. The highest BCUT2D eigenvalue weighted by molar-refractivity contribution is 5.90. The molecule has 0 aliphatic heterocycles. The van der Waals surface area contributed by atoms with Gasteiger partial charge in [0.15, 0.2) is 0 Å². The first-order valence-corrected chi connectivity index (χ1v) is 5.74. The van der Waals surface area contributed by atoms with Gasteiger partial charge in [-0.2, -0.15) is 0 Å². The van der Waals surface area contributed by atoms with Crippen molar-refractivity contribution in [2.24, 2.45) is 0 Å². The highest BCUT2D eigenvalue weighted by atomic mass is 16.4. The average Bonchev–Trinajstić information content (AvgIpc) is 2.15. The van der Waals surface area contributed by atoms with Crippen LogP contribution in [-0.4, -0.2) is 11.1 Å². The summed E-state index contributed by atoms with van der Waals surface area (Å²) in [6.45, 7) is 10.3. The summed E-state index contributed by atoms with van der Waals surface area (Å²) in [6, 6.07) is 6.24. The molecule has 1 aromatic carbocycles. The molecule has 92 valence electrons. The van der Waals surface area contributed by atoms with Crippen LogP contribution in [0.3, 0.4) is 0 Å². The number of carboxylic acids is 1. The van der Waals surface area contributed by atoms with E-state index in [-0.39, 0.29) is 5.41 Å². The fourth-order valence-corrected chi connectivity index (χ4v) is 1.78. The average molecular weight is 232 g/mol. The van der Waals surface area contributed by atoms with E-state index in [0.717, 1.165) is 16.7 Å². The van der Waals surface area contributed by atoms with Gasteiger partial charge in [0.2, 0.25) is 0 Å². The largest absolute Gasteiger partial charge is 0.478 e. The topological polar surface area (TPSA) is 37.3 Å². The van der Waals surface area contributed by atoms with E-state index >= 15 is 0 Å². The summed E-state index contributed by atoms with van der Waals surface area (Å²) in [5.41, 5.74) is 4.21. The van der Waals surface area contributed by atoms with Gasteiger partial charge in [0.05, 0.1) is 0 Å². The minimum atomic E-state index is -0.900. The van der Waals surface area contributed by atoms with Gasteiger partial charge in [-0.3, -0.25) is 0 Å². The number of aliphatic carboxylic acids is 1. The lowest BCUT2D eigenvalue weighted by Crippen LogP contribution is -2.11. The van der Waals surface area contributed by atoms with Crippen LogP contribution in [0.15, 0.2) is 24.3 Å². The standard InChI is InChI=1S/C15H20O2/c1-10-6-7-12(15(3,4)5)9-13(10)11(2)8-14(16)17/h6-9H,1-5H3,(H,16,17)/b11-8+. The Bertz CT molecular complexity index is 462. The van der Waals surface area contributed by atoms with E-state index in [1.54, 1.807) is 0 Å². The molecule has 0 spiro atoms. The van der Waals surface area contributed by atoms with E-state index in [1.165, 1.54) is 11.6 Å². The van der Waals surface area contributed by atoms with Crippen LogP contribution in [0.2, 0.25) is 0 Å². The lowest BCUT2D eigenvalue weighted by atomic mass is 9.84. The highest BCUT2D eigenvalue weighted by Crippen LogP contribution is 2.27. The van der Waals surface area contributed by atoms with Crippen molar-refractivity contribution in [2.45, 2.75) is 40.0 Å². The fourth-order valence-electron chi connectivity index (χ4n) is 1.78. The molecule has 0 bridgehead atoms. The zero-order valence-corrected chi connectivity index (χ0v) is 11.2. The molecule has 0 saturated heterocycles. The minimum absolute atomic E-state index is 0.0754. The predicted molar refractivity (Wildman–Crippen MR) is 71.2 cm³/mol. The van der Waals surface area contributed by atoms with Crippen molar-refractivity contribution in [3.63, 3.8) is 0 Å². The maximum Gasteiger partial charge on any atom is 0.328 e. The summed E-state index contributed by atoms with van der Waals surface area (Å²) >= 11 is 0. The normalized spacial score (nSPS) is 12.6. The first-order chi connectivity index (χ1) is 7.71. The van der Waals surface area contributed by atoms with Crippen LogP contribution in [0, 0.1) is 6.92 Å². The monoisotopic (exact) mass is 232 g/mol. The summed E-state index contributed by atoms with van der Waals surface area (Å²) in [7, 11) is 0. The molecule has 0 atom stereocenters. The summed E-state index contributed by atoms with van der Waals surface area (Å²) in [4.78, 5) is 10.7. The Balaban J connectivity index is 3.29. The van der Waals surface area contributed by atoms with Crippen LogP contribution in [0.25, 0.3) is 5.57 Å². The number of allylic oxidation sites excluding steroid dienone is 1. The van der Waals surface area contributed by atoms with Crippen LogP contribution < -0.4 is 0 Å². The highest BCUT2D eigenvalue weighted by Gasteiger charge is 2.15. The van der Waals surface area contributed by atoms with Crippen molar-refractivity contribution < 1.29 is 9.90 Å². The number of hydrogen-bond acceptors (Lipinski definition) is 1. The second kappa shape index (κ2) is 4.74. The van der Waals surface area contributed by atoms with Gasteiger partial charge in [0, 0.05) is 6.08 Å². The molecule has 17 heavy (non-hydrogen) atoms. The molecule has 0 aliphatic carbocycles. The van der Waals surface area contributed by atoms with Crippen molar-refractivity contribution >= 4 is 11.5 Å². The van der Waals surface area contributed by atoms with Gasteiger partial charge < -0.3 is 5.11 Å². The number of carbonyl (C=O) groups is 1. The van der Waals surface area contributed by atoms with E-state index in [4.69, 9.17) is 5.11 Å². The van der Waals surface area contributed by atoms with Crippen molar-refractivity contribution in [2.75, 3.05) is 0 Å². The number of rotatable bonds is 2. The quantitative estimate of drug-likeness (QED) is 0.788. The third-order valence-corrected chi connectivity index (χ3v) is 2.87. The van der Waals surface area contributed by atoms with Crippen LogP contribution in [0.5, 0.6) is 0 Å². The zero-order valence-electron chi connectivity index (χ0n) is 11.2. The summed E-state index contributed by atoms with van der Waals surface area (Å²) < 4.78 is 0. The minimum Gasteiger partial charge on any atom is -0.478 e. The molecule has 0 amide bonds.